The van der Waals surface area contributed by atoms with E-state index in [-0.39, 0.29) is 18.4 Å². The van der Waals surface area contributed by atoms with Crippen LogP contribution >= 0.6 is 0 Å². The van der Waals surface area contributed by atoms with Crippen LogP contribution in [0.4, 0.5) is 0 Å². The largest absolute Gasteiger partial charge is 0.481 e. The van der Waals surface area contributed by atoms with Crippen molar-refractivity contribution in [2.24, 2.45) is 5.92 Å². The molecule has 1 amide bonds. The molecule has 1 rings (SSSR count). The van der Waals surface area contributed by atoms with E-state index in [0.717, 1.165) is 12.8 Å². The molecule has 0 spiro atoms. The summed E-state index contributed by atoms with van der Waals surface area (Å²) in [7, 11) is 0. The first-order valence-electron chi connectivity index (χ1n) is 4.73. The van der Waals surface area contributed by atoms with Crippen molar-refractivity contribution in [3.63, 3.8) is 0 Å². The van der Waals surface area contributed by atoms with Crippen LogP contribution in [0.15, 0.2) is 0 Å². The van der Waals surface area contributed by atoms with E-state index in [1.165, 1.54) is 0 Å². The van der Waals surface area contributed by atoms with E-state index in [1.54, 1.807) is 0 Å². The fourth-order valence-electron chi connectivity index (χ4n) is 1.76. The summed E-state index contributed by atoms with van der Waals surface area (Å²) in [5.41, 5.74) is 0. The molecule has 0 aromatic heterocycles. The van der Waals surface area contributed by atoms with E-state index < -0.39 is 5.97 Å². The van der Waals surface area contributed by atoms with Crippen molar-refractivity contribution in [1.29, 1.82) is 0 Å². The van der Waals surface area contributed by atoms with Crippen LogP contribution in [-0.4, -0.2) is 36.7 Å². The van der Waals surface area contributed by atoms with Gasteiger partial charge in [0.25, 0.3) is 0 Å². The molecule has 1 heterocycles. The Bertz CT molecular complexity index is 201. The smallest absolute Gasteiger partial charge is 0.305 e. The molecule has 1 saturated heterocycles. The minimum absolute atomic E-state index is 0.0105. The summed E-state index contributed by atoms with van der Waals surface area (Å²) in [4.78, 5) is 20.8. The maximum absolute atomic E-state index is 10.5. The fraction of sp³-hybridized carbons (Fsp3) is 0.778. The zero-order chi connectivity index (χ0) is 10.4. The van der Waals surface area contributed by atoms with Gasteiger partial charge in [-0.25, -0.2) is 0 Å². The highest BCUT2D eigenvalue weighted by atomic mass is 16.5. The Morgan fingerprint density at radius 1 is 1.57 bits per heavy atom. The molecule has 1 aliphatic rings. The van der Waals surface area contributed by atoms with Gasteiger partial charge < -0.3 is 15.2 Å². The lowest BCUT2D eigenvalue weighted by Gasteiger charge is -2.28. The van der Waals surface area contributed by atoms with Gasteiger partial charge in [0.05, 0.1) is 6.42 Å². The van der Waals surface area contributed by atoms with Crippen LogP contribution in [0, 0.1) is 5.92 Å². The van der Waals surface area contributed by atoms with E-state index in [1.807, 2.05) is 0 Å². The number of amides is 1. The highest BCUT2D eigenvalue weighted by Crippen LogP contribution is 2.20. The van der Waals surface area contributed by atoms with Crippen molar-refractivity contribution in [3.05, 3.63) is 0 Å². The summed E-state index contributed by atoms with van der Waals surface area (Å²) in [6, 6.07) is -0.256. The highest BCUT2D eigenvalue weighted by molar-refractivity contribution is 5.68. The van der Waals surface area contributed by atoms with Crippen LogP contribution in [0.3, 0.4) is 0 Å². The fourth-order valence-corrected chi connectivity index (χ4v) is 1.76. The van der Waals surface area contributed by atoms with Gasteiger partial charge >= 0.3 is 5.97 Å². The SMILES string of the molecule is O=CNC(CC(=O)O)C1CCOCC1. The summed E-state index contributed by atoms with van der Waals surface area (Å²) < 4.78 is 5.17. The molecule has 0 aromatic carbocycles. The third-order valence-corrected chi connectivity index (χ3v) is 2.51. The van der Waals surface area contributed by atoms with Crippen molar-refractivity contribution in [2.75, 3.05) is 13.2 Å². The van der Waals surface area contributed by atoms with E-state index in [2.05, 4.69) is 5.32 Å². The van der Waals surface area contributed by atoms with Crippen LogP contribution in [-0.2, 0) is 14.3 Å². The minimum Gasteiger partial charge on any atom is -0.481 e. The van der Waals surface area contributed by atoms with Crippen molar-refractivity contribution in [2.45, 2.75) is 25.3 Å². The van der Waals surface area contributed by atoms with E-state index in [4.69, 9.17) is 9.84 Å². The molecule has 5 nitrogen and oxygen atoms in total. The Morgan fingerprint density at radius 2 is 2.21 bits per heavy atom. The summed E-state index contributed by atoms with van der Waals surface area (Å²) in [6.07, 6.45) is 2.20. The lowest BCUT2D eigenvalue weighted by Crippen LogP contribution is -2.39. The summed E-state index contributed by atoms with van der Waals surface area (Å²) in [6.45, 7) is 1.31. The lowest BCUT2D eigenvalue weighted by atomic mass is 9.90. The van der Waals surface area contributed by atoms with Gasteiger partial charge in [-0.15, -0.1) is 0 Å². The van der Waals surface area contributed by atoms with Crippen LogP contribution < -0.4 is 5.32 Å². The van der Waals surface area contributed by atoms with Crippen LogP contribution in [0.2, 0.25) is 0 Å². The molecule has 2 N–H and O–H groups in total. The molecule has 1 fully saturated rings. The number of aliphatic carboxylic acids is 1. The van der Waals surface area contributed by atoms with Crippen LogP contribution in [0.5, 0.6) is 0 Å². The Morgan fingerprint density at radius 3 is 2.71 bits per heavy atom. The Hall–Kier alpha value is -1.10. The molecule has 0 saturated carbocycles. The van der Waals surface area contributed by atoms with Gasteiger partial charge in [0.15, 0.2) is 0 Å². The molecule has 1 atom stereocenters. The van der Waals surface area contributed by atoms with Crippen molar-refractivity contribution < 1.29 is 19.4 Å². The first-order valence-corrected chi connectivity index (χ1v) is 4.73. The third kappa shape index (κ3) is 3.33. The molecule has 80 valence electrons. The van der Waals surface area contributed by atoms with Crippen LogP contribution in [0.1, 0.15) is 19.3 Å². The number of ether oxygens (including phenoxy) is 1. The molecule has 0 aromatic rings. The third-order valence-electron chi connectivity index (χ3n) is 2.51. The predicted molar refractivity (Wildman–Crippen MR) is 48.8 cm³/mol. The average Bonchev–Trinajstić information content (AvgIpc) is 2.18. The van der Waals surface area contributed by atoms with Crippen molar-refractivity contribution >= 4 is 12.4 Å². The molecule has 1 aliphatic heterocycles. The summed E-state index contributed by atoms with van der Waals surface area (Å²) in [5.74, 6) is -0.652. The molecule has 0 radical (unpaired) electrons. The quantitative estimate of drug-likeness (QED) is 0.614. The summed E-state index contributed by atoms with van der Waals surface area (Å²) in [5, 5.41) is 11.2. The first-order chi connectivity index (χ1) is 6.74. The van der Waals surface area contributed by atoms with Gasteiger partial charge in [-0.3, -0.25) is 9.59 Å². The van der Waals surface area contributed by atoms with Gasteiger partial charge in [0, 0.05) is 19.3 Å². The predicted octanol–water partition coefficient (Wildman–Crippen LogP) is 0.00230. The molecule has 0 aliphatic carbocycles. The highest BCUT2D eigenvalue weighted by Gasteiger charge is 2.25. The van der Waals surface area contributed by atoms with Crippen LogP contribution in [0.25, 0.3) is 0 Å². The van der Waals surface area contributed by atoms with E-state index in [0.29, 0.717) is 19.6 Å². The number of hydrogen-bond acceptors (Lipinski definition) is 3. The maximum atomic E-state index is 10.5. The standard InChI is InChI=1S/C9H15NO4/c11-6-10-8(5-9(12)13)7-1-3-14-4-2-7/h6-8H,1-5H2,(H,10,11)(H,12,13). The van der Waals surface area contributed by atoms with Crippen molar-refractivity contribution in [3.8, 4) is 0 Å². The number of carboxylic acid groups (broad SMARTS) is 1. The Balaban J connectivity index is 2.46. The number of carbonyl (C=O) groups excluding carboxylic acids is 1. The zero-order valence-electron chi connectivity index (χ0n) is 7.94. The molecule has 0 bridgehead atoms. The number of hydrogen-bond donors (Lipinski definition) is 2. The molecular formula is C9H15NO4. The molecule has 1 unspecified atom stereocenters. The average molecular weight is 201 g/mol. The van der Waals surface area contributed by atoms with Gasteiger partial charge in [-0.05, 0) is 18.8 Å². The van der Waals surface area contributed by atoms with E-state index in [9.17, 15) is 9.59 Å². The van der Waals surface area contributed by atoms with Gasteiger partial charge in [-0.2, -0.15) is 0 Å². The number of rotatable bonds is 5. The monoisotopic (exact) mass is 201 g/mol. The molecular weight excluding hydrogens is 186 g/mol. The molecule has 14 heavy (non-hydrogen) atoms. The second-order valence-corrected chi connectivity index (χ2v) is 3.44. The molecule has 5 heteroatoms. The maximum Gasteiger partial charge on any atom is 0.305 e. The van der Waals surface area contributed by atoms with Gasteiger partial charge in [-0.1, -0.05) is 0 Å². The topological polar surface area (TPSA) is 75.6 Å². The first kappa shape index (κ1) is 11.0. The summed E-state index contributed by atoms with van der Waals surface area (Å²) >= 11 is 0. The lowest BCUT2D eigenvalue weighted by molar-refractivity contribution is -0.138. The normalized spacial score (nSPS) is 20.0. The van der Waals surface area contributed by atoms with Crippen molar-refractivity contribution in [1.82, 2.24) is 5.32 Å². The number of carboxylic acids is 1. The van der Waals surface area contributed by atoms with Gasteiger partial charge in [0.1, 0.15) is 0 Å². The van der Waals surface area contributed by atoms with E-state index >= 15 is 0 Å². The van der Waals surface area contributed by atoms with Gasteiger partial charge in [0.2, 0.25) is 6.41 Å². The Labute approximate surface area is 82.4 Å². The number of nitrogens with one attached hydrogen (secondary N) is 1. The minimum atomic E-state index is -0.879. The zero-order valence-corrected chi connectivity index (χ0v) is 7.94. The Kier molecular flexibility index (Phi) is 4.39. The second-order valence-electron chi connectivity index (χ2n) is 3.44. The number of carbonyl (C=O) groups is 2. The second kappa shape index (κ2) is 5.59.